The molecule has 2 N–H and O–H groups in total. The lowest BCUT2D eigenvalue weighted by atomic mass is 9.95. The van der Waals surface area contributed by atoms with Crippen LogP contribution >= 0.6 is 0 Å². The summed E-state index contributed by atoms with van der Waals surface area (Å²) < 4.78 is 38.9. The van der Waals surface area contributed by atoms with E-state index in [9.17, 15) is 5.11 Å². The van der Waals surface area contributed by atoms with Crippen LogP contribution in [0.2, 0.25) is 0 Å². The number of aromatic hydroxyl groups is 1. The molecule has 4 aliphatic heterocycles. The number of phenols is 1. The summed E-state index contributed by atoms with van der Waals surface area (Å²) in [7, 11) is 0. The highest BCUT2D eigenvalue weighted by molar-refractivity contribution is 6.01. The third kappa shape index (κ3) is 4.12. The van der Waals surface area contributed by atoms with E-state index in [-0.39, 0.29) is 33.9 Å². The number of rotatable bonds is 5. The summed E-state index contributed by atoms with van der Waals surface area (Å²) in [4.78, 5) is 14.0. The van der Waals surface area contributed by atoms with Gasteiger partial charge in [-0.1, -0.05) is 24.3 Å². The van der Waals surface area contributed by atoms with Gasteiger partial charge in [-0.15, -0.1) is 0 Å². The zero-order chi connectivity index (χ0) is 27.7. The molecule has 9 heteroatoms. The third-order valence-electron chi connectivity index (χ3n) is 9.76. The van der Waals surface area contributed by atoms with Gasteiger partial charge in [0.25, 0.3) is 0 Å². The van der Waals surface area contributed by atoms with E-state index in [0.717, 1.165) is 51.6 Å². The summed E-state index contributed by atoms with van der Waals surface area (Å²) in [5.41, 5.74) is 0.0928. The quantitative estimate of drug-likeness (QED) is 0.341. The molecule has 4 fully saturated rings. The number of nitrogens with one attached hydrogen (secondary N) is 1. The molecule has 0 amide bonds. The van der Waals surface area contributed by atoms with E-state index in [1.54, 1.807) is 12.1 Å². The van der Waals surface area contributed by atoms with Gasteiger partial charge in [0, 0.05) is 30.6 Å². The van der Waals surface area contributed by atoms with Crippen LogP contribution in [0, 0.1) is 11.6 Å². The molecular weight excluding hydrogens is 524 g/mol. The fourth-order valence-corrected chi connectivity index (χ4v) is 7.84. The maximum absolute atomic E-state index is 16.6. The first-order valence-electron chi connectivity index (χ1n) is 14.8. The minimum atomic E-state index is -0.774. The number of nitrogens with zero attached hydrogens (tertiary/aromatic N) is 4. The Kier molecular flexibility index (Phi) is 5.83. The van der Waals surface area contributed by atoms with Crippen molar-refractivity contribution in [1.29, 1.82) is 0 Å². The SMILES string of the molecule is Oc1cc(-c2c(F)cc3c(N4CC5CCC(C4)N5)nc(OCC45CCCN4CCC5)nc3c2F)c2ccccc2c1. The predicted molar refractivity (Wildman–Crippen MR) is 154 cm³/mol. The van der Waals surface area contributed by atoms with E-state index < -0.39 is 11.6 Å². The van der Waals surface area contributed by atoms with Crippen molar-refractivity contribution in [3.05, 3.63) is 54.1 Å². The summed E-state index contributed by atoms with van der Waals surface area (Å²) in [6.07, 6.45) is 6.58. The Morgan fingerprint density at radius 1 is 0.976 bits per heavy atom. The van der Waals surface area contributed by atoms with Crippen LogP contribution in [-0.4, -0.2) is 70.4 Å². The third-order valence-corrected chi connectivity index (χ3v) is 9.76. The van der Waals surface area contributed by atoms with E-state index in [2.05, 4.69) is 20.1 Å². The van der Waals surface area contributed by atoms with Gasteiger partial charge < -0.3 is 20.1 Å². The molecule has 4 aliphatic rings. The van der Waals surface area contributed by atoms with Crippen molar-refractivity contribution in [2.45, 2.75) is 56.1 Å². The Balaban J connectivity index is 1.28. The molecule has 1 aromatic heterocycles. The monoisotopic (exact) mass is 557 g/mol. The molecule has 41 heavy (non-hydrogen) atoms. The number of anilines is 1. The van der Waals surface area contributed by atoms with Gasteiger partial charge in [0.1, 0.15) is 29.5 Å². The highest BCUT2D eigenvalue weighted by Gasteiger charge is 2.45. The second kappa shape index (κ2) is 9.49. The number of hydrogen-bond acceptors (Lipinski definition) is 7. The number of ether oxygens (including phenoxy) is 1. The lowest BCUT2D eigenvalue weighted by Crippen LogP contribution is -2.51. The zero-order valence-electron chi connectivity index (χ0n) is 22.9. The van der Waals surface area contributed by atoms with E-state index in [0.29, 0.717) is 53.8 Å². The average molecular weight is 558 g/mol. The van der Waals surface area contributed by atoms with Gasteiger partial charge >= 0.3 is 6.01 Å². The molecule has 0 saturated carbocycles. The van der Waals surface area contributed by atoms with Crippen LogP contribution in [0.15, 0.2) is 42.5 Å². The number of hydrogen-bond donors (Lipinski definition) is 2. The second-order valence-corrected chi connectivity index (χ2v) is 12.2. The number of fused-ring (bicyclic) bond motifs is 5. The summed E-state index contributed by atoms with van der Waals surface area (Å²) in [5.74, 6) is -1.03. The Labute approximate surface area is 237 Å². The number of halogens is 2. The minimum Gasteiger partial charge on any atom is -0.508 e. The summed E-state index contributed by atoms with van der Waals surface area (Å²) in [6.45, 7) is 4.03. The lowest BCUT2D eigenvalue weighted by molar-refractivity contribution is 0.108. The standard InChI is InChI=1S/C32H33F2N5O2/c33-26-15-25-29(28(34)27(26)24-14-22(40)13-19-5-1-2-6-23(19)24)36-31(41-18-32-9-3-11-39(32)12-4-10-32)37-30(25)38-16-20-7-8-21(17-38)35-20/h1-2,5-6,13-15,20-21,35,40H,3-4,7-12,16-18H2. The van der Waals surface area contributed by atoms with Gasteiger partial charge in [0.05, 0.1) is 11.1 Å². The van der Waals surface area contributed by atoms with E-state index in [1.807, 2.05) is 18.2 Å². The van der Waals surface area contributed by atoms with Crippen molar-refractivity contribution in [1.82, 2.24) is 20.2 Å². The smallest absolute Gasteiger partial charge is 0.319 e. The molecule has 0 spiro atoms. The van der Waals surface area contributed by atoms with Crippen LogP contribution in [0.3, 0.4) is 0 Å². The van der Waals surface area contributed by atoms with Crippen LogP contribution in [0.4, 0.5) is 14.6 Å². The molecule has 4 aromatic rings. The summed E-state index contributed by atoms with van der Waals surface area (Å²) >= 11 is 0. The fourth-order valence-electron chi connectivity index (χ4n) is 7.84. The highest BCUT2D eigenvalue weighted by atomic mass is 19.1. The van der Waals surface area contributed by atoms with Gasteiger partial charge in [-0.25, -0.2) is 8.78 Å². The Morgan fingerprint density at radius 3 is 2.51 bits per heavy atom. The molecule has 5 heterocycles. The first kappa shape index (κ1) is 25.2. The number of phenolic OH excluding ortho intramolecular Hbond substituents is 1. The van der Waals surface area contributed by atoms with Crippen molar-refractivity contribution in [2.75, 3.05) is 37.7 Å². The molecule has 212 valence electrons. The molecule has 3 aromatic carbocycles. The summed E-state index contributed by atoms with van der Waals surface area (Å²) in [6, 6.07) is 12.4. The van der Waals surface area contributed by atoms with E-state index in [1.165, 1.54) is 12.1 Å². The zero-order valence-corrected chi connectivity index (χ0v) is 22.9. The van der Waals surface area contributed by atoms with E-state index >= 15 is 8.78 Å². The van der Waals surface area contributed by atoms with Crippen LogP contribution in [0.1, 0.15) is 38.5 Å². The van der Waals surface area contributed by atoms with Gasteiger partial charge in [-0.05, 0) is 86.1 Å². The molecule has 7 nitrogen and oxygen atoms in total. The van der Waals surface area contributed by atoms with Crippen molar-refractivity contribution in [3.63, 3.8) is 0 Å². The van der Waals surface area contributed by atoms with Crippen LogP contribution < -0.4 is 15.0 Å². The van der Waals surface area contributed by atoms with Crippen molar-refractivity contribution >= 4 is 27.5 Å². The molecular formula is C32H33F2N5O2. The number of piperazine rings is 1. The molecule has 0 aliphatic carbocycles. The fraction of sp³-hybridized carbons (Fsp3) is 0.438. The van der Waals surface area contributed by atoms with E-state index in [4.69, 9.17) is 9.72 Å². The maximum Gasteiger partial charge on any atom is 0.319 e. The maximum atomic E-state index is 16.6. The molecule has 4 saturated heterocycles. The van der Waals surface area contributed by atoms with Crippen molar-refractivity contribution in [2.24, 2.45) is 0 Å². The molecule has 2 bridgehead atoms. The summed E-state index contributed by atoms with van der Waals surface area (Å²) in [5, 5.41) is 15.7. The molecule has 8 rings (SSSR count). The Morgan fingerprint density at radius 2 is 1.73 bits per heavy atom. The van der Waals surface area contributed by atoms with Gasteiger partial charge in [0.15, 0.2) is 5.82 Å². The predicted octanol–water partition coefficient (Wildman–Crippen LogP) is 5.38. The second-order valence-electron chi connectivity index (χ2n) is 12.2. The van der Waals surface area contributed by atoms with Gasteiger partial charge in [-0.3, -0.25) is 4.90 Å². The van der Waals surface area contributed by atoms with Crippen LogP contribution in [-0.2, 0) is 0 Å². The Bertz CT molecular complexity index is 1660. The molecule has 2 unspecified atom stereocenters. The largest absolute Gasteiger partial charge is 0.508 e. The Hall–Kier alpha value is -3.56. The normalized spacial score (nSPS) is 23.5. The van der Waals surface area contributed by atoms with Crippen molar-refractivity contribution < 1.29 is 18.6 Å². The number of benzene rings is 3. The van der Waals surface area contributed by atoms with Crippen molar-refractivity contribution in [3.8, 4) is 22.9 Å². The number of aromatic nitrogens is 2. The molecule has 2 atom stereocenters. The van der Waals surface area contributed by atoms with Crippen LogP contribution in [0.25, 0.3) is 32.8 Å². The minimum absolute atomic E-state index is 0.0143. The first-order valence-corrected chi connectivity index (χ1v) is 14.8. The topological polar surface area (TPSA) is 73.8 Å². The van der Waals surface area contributed by atoms with Gasteiger partial charge in [-0.2, -0.15) is 9.97 Å². The van der Waals surface area contributed by atoms with Gasteiger partial charge in [0.2, 0.25) is 0 Å². The molecule has 0 radical (unpaired) electrons. The highest BCUT2D eigenvalue weighted by Crippen LogP contribution is 2.42. The van der Waals surface area contributed by atoms with Crippen LogP contribution in [0.5, 0.6) is 11.8 Å². The average Bonchev–Trinajstić information content (AvgIpc) is 3.65. The first-order chi connectivity index (χ1) is 20.0. The lowest BCUT2D eigenvalue weighted by Gasteiger charge is -2.34.